The molecular weight excluding hydrogens is 309 g/mol. The lowest BCUT2D eigenvalue weighted by Crippen LogP contribution is -2.30. The van der Waals surface area contributed by atoms with Gasteiger partial charge < -0.3 is 10.4 Å². The Bertz CT molecular complexity index is 511. The molecule has 1 saturated carbocycles. The van der Waals surface area contributed by atoms with Gasteiger partial charge in [0, 0.05) is 29.3 Å². The number of carbonyl (C=O) groups is 1. The average molecular weight is 328 g/mol. The zero-order valence-corrected chi connectivity index (χ0v) is 13.2. The first-order valence-corrected chi connectivity index (χ1v) is 7.87. The van der Waals surface area contributed by atoms with Crippen LogP contribution in [0.2, 0.25) is 10.0 Å². The van der Waals surface area contributed by atoms with Gasteiger partial charge in [-0.25, -0.2) is 0 Å². The Balaban J connectivity index is 1.85. The summed E-state index contributed by atoms with van der Waals surface area (Å²) < 4.78 is 0. The molecule has 1 aromatic rings. The zero-order valence-electron chi connectivity index (χ0n) is 11.7. The third-order valence-electron chi connectivity index (χ3n) is 3.90. The lowest BCUT2D eigenvalue weighted by molar-refractivity contribution is -0.116. The van der Waals surface area contributed by atoms with Crippen molar-refractivity contribution in [3.8, 4) is 0 Å². The van der Waals surface area contributed by atoms with Crippen molar-refractivity contribution in [3.05, 3.63) is 39.9 Å². The number of halogens is 2. The third kappa shape index (κ3) is 5.03. The van der Waals surface area contributed by atoms with Crippen molar-refractivity contribution in [2.75, 3.05) is 13.2 Å². The van der Waals surface area contributed by atoms with Crippen molar-refractivity contribution in [2.24, 2.45) is 11.8 Å². The number of carbonyl (C=O) groups excluding carboxylic acids is 1. The largest absolute Gasteiger partial charge is 0.396 e. The highest BCUT2D eigenvalue weighted by Gasteiger charge is 2.26. The Kier molecular flexibility index (Phi) is 6.09. The molecule has 0 radical (unpaired) electrons. The van der Waals surface area contributed by atoms with Gasteiger partial charge in [-0.1, -0.05) is 29.6 Å². The maximum Gasteiger partial charge on any atom is 0.244 e. The summed E-state index contributed by atoms with van der Waals surface area (Å²) >= 11 is 11.8. The number of amides is 1. The molecule has 1 aliphatic rings. The summed E-state index contributed by atoms with van der Waals surface area (Å²) in [5.41, 5.74) is 0.789. The normalized spacial score (nSPS) is 21.9. The number of hydrogen-bond acceptors (Lipinski definition) is 2. The van der Waals surface area contributed by atoms with Crippen molar-refractivity contribution in [1.29, 1.82) is 0 Å². The van der Waals surface area contributed by atoms with Crippen LogP contribution in [0.1, 0.15) is 24.8 Å². The van der Waals surface area contributed by atoms with E-state index in [0.29, 0.717) is 28.4 Å². The second kappa shape index (κ2) is 7.83. The number of rotatable bonds is 5. The molecule has 2 rings (SSSR count). The lowest BCUT2D eigenvalue weighted by atomic mass is 9.97. The van der Waals surface area contributed by atoms with E-state index in [1.165, 1.54) is 6.08 Å². The molecule has 1 aliphatic carbocycles. The minimum Gasteiger partial charge on any atom is -0.396 e. The molecule has 0 aromatic heterocycles. The van der Waals surface area contributed by atoms with Crippen LogP contribution < -0.4 is 5.32 Å². The Morgan fingerprint density at radius 3 is 2.57 bits per heavy atom. The Morgan fingerprint density at radius 2 is 1.90 bits per heavy atom. The van der Waals surface area contributed by atoms with Crippen molar-refractivity contribution in [1.82, 2.24) is 5.32 Å². The molecular formula is C16H19Cl2NO2. The Hall–Kier alpha value is -1.03. The van der Waals surface area contributed by atoms with Crippen LogP contribution in [-0.2, 0) is 4.79 Å². The number of nitrogens with one attached hydrogen (secondary N) is 1. The summed E-state index contributed by atoms with van der Waals surface area (Å²) in [6.07, 6.45) is 6.41. The molecule has 0 spiro atoms. The van der Waals surface area contributed by atoms with Crippen molar-refractivity contribution < 1.29 is 9.90 Å². The standard InChI is InChI=1S/C16H19Cl2NO2/c17-14-6-11(7-15(18)8-14)4-5-16(21)19-9-12-2-1-3-13(12)10-20/h4-8,12-13,20H,1-3,9-10H2,(H,19,21). The van der Waals surface area contributed by atoms with Crippen LogP contribution in [-0.4, -0.2) is 24.2 Å². The summed E-state index contributed by atoms with van der Waals surface area (Å²) in [5, 5.41) is 13.2. The van der Waals surface area contributed by atoms with Crippen LogP contribution in [0.3, 0.4) is 0 Å². The first kappa shape index (κ1) is 16.3. The van der Waals surface area contributed by atoms with Crippen molar-refractivity contribution in [2.45, 2.75) is 19.3 Å². The molecule has 2 atom stereocenters. The van der Waals surface area contributed by atoms with Gasteiger partial charge in [-0.05, 0) is 54.5 Å². The van der Waals surface area contributed by atoms with Crippen LogP contribution in [0.4, 0.5) is 0 Å². The third-order valence-corrected chi connectivity index (χ3v) is 4.34. The fourth-order valence-electron chi connectivity index (χ4n) is 2.76. The highest BCUT2D eigenvalue weighted by Crippen LogP contribution is 2.30. The number of aliphatic hydroxyl groups is 1. The maximum absolute atomic E-state index is 11.8. The van der Waals surface area contributed by atoms with Crippen LogP contribution in [0.15, 0.2) is 24.3 Å². The SMILES string of the molecule is O=C(C=Cc1cc(Cl)cc(Cl)c1)NCC1CCCC1CO. The lowest BCUT2D eigenvalue weighted by Gasteiger charge is -2.17. The minimum atomic E-state index is -0.144. The maximum atomic E-state index is 11.8. The smallest absolute Gasteiger partial charge is 0.244 e. The second-order valence-electron chi connectivity index (χ2n) is 5.41. The van der Waals surface area contributed by atoms with E-state index in [4.69, 9.17) is 23.2 Å². The van der Waals surface area contributed by atoms with Gasteiger partial charge in [0.15, 0.2) is 0 Å². The second-order valence-corrected chi connectivity index (χ2v) is 6.29. The fourth-order valence-corrected chi connectivity index (χ4v) is 3.30. The fraction of sp³-hybridized carbons (Fsp3) is 0.438. The van der Waals surface area contributed by atoms with E-state index >= 15 is 0 Å². The molecule has 5 heteroatoms. The molecule has 1 aromatic carbocycles. The predicted octanol–water partition coefficient (Wildman–Crippen LogP) is 3.53. The summed E-state index contributed by atoms with van der Waals surface area (Å²) in [7, 11) is 0. The zero-order chi connectivity index (χ0) is 15.2. The minimum absolute atomic E-state index is 0.144. The topological polar surface area (TPSA) is 49.3 Å². The van der Waals surface area contributed by atoms with Crippen LogP contribution in [0.25, 0.3) is 6.08 Å². The van der Waals surface area contributed by atoms with Gasteiger partial charge in [-0.2, -0.15) is 0 Å². The molecule has 21 heavy (non-hydrogen) atoms. The van der Waals surface area contributed by atoms with Gasteiger partial charge in [-0.15, -0.1) is 0 Å². The first-order chi connectivity index (χ1) is 10.1. The number of aliphatic hydroxyl groups excluding tert-OH is 1. The highest BCUT2D eigenvalue weighted by atomic mass is 35.5. The molecule has 2 unspecified atom stereocenters. The summed E-state index contributed by atoms with van der Waals surface area (Å²) in [5.74, 6) is 0.559. The molecule has 1 fully saturated rings. The van der Waals surface area contributed by atoms with Gasteiger partial charge in [0.1, 0.15) is 0 Å². The molecule has 3 nitrogen and oxygen atoms in total. The van der Waals surface area contributed by atoms with Gasteiger partial charge in [0.05, 0.1) is 0 Å². The monoisotopic (exact) mass is 327 g/mol. The number of hydrogen-bond donors (Lipinski definition) is 2. The van der Waals surface area contributed by atoms with Crippen molar-refractivity contribution >= 4 is 35.2 Å². The van der Waals surface area contributed by atoms with Gasteiger partial charge in [-0.3, -0.25) is 4.79 Å². The average Bonchev–Trinajstić information content (AvgIpc) is 2.89. The number of benzene rings is 1. The molecule has 0 saturated heterocycles. The molecule has 0 bridgehead atoms. The molecule has 114 valence electrons. The predicted molar refractivity (Wildman–Crippen MR) is 86.4 cm³/mol. The quantitative estimate of drug-likeness (QED) is 0.813. The van der Waals surface area contributed by atoms with Crippen LogP contribution >= 0.6 is 23.2 Å². The summed E-state index contributed by atoms with van der Waals surface area (Å²) in [6.45, 7) is 0.822. The van der Waals surface area contributed by atoms with Crippen molar-refractivity contribution in [3.63, 3.8) is 0 Å². The van der Waals surface area contributed by atoms with E-state index in [0.717, 1.165) is 24.8 Å². The van der Waals surface area contributed by atoms with E-state index in [9.17, 15) is 9.90 Å². The van der Waals surface area contributed by atoms with Crippen LogP contribution in [0, 0.1) is 11.8 Å². The Morgan fingerprint density at radius 1 is 1.24 bits per heavy atom. The van der Waals surface area contributed by atoms with Gasteiger partial charge >= 0.3 is 0 Å². The van der Waals surface area contributed by atoms with E-state index in [-0.39, 0.29) is 12.5 Å². The molecule has 1 amide bonds. The van der Waals surface area contributed by atoms with E-state index < -0.39 is 0 Å². The van der Waals surface area contributed by atoms with Crippen LogP contribution in [0.5, 0.6) is 0 Å². The van der Waals surface area contributed by atoms with Gasteiger partial charge in [0.25, 0.3) is 0 Å². The van der Waals surface area contributed by atoms with E-state index in [1.54, 1.807) is 24.3 Å². The Labute approximate surface area is 134 Å². The van der Waals surface area contributed by atoms with E-state index in [1.807, 2.05) is 0 Å². The molecule has 0 heterocycles. The summed E-state index contributed by atoms with van der Waals surface area (Å²) in [4.78, 5) is 11.8. The van der Waals surface area contributed by atoms with Gasteiger partial charge in [0.2, 0.25) is 5.91 Å². The molecule has 2 N–H and O–H groups in total. The summed E-state index contributed by atoms with van der Waals surface area (Å²) in [6, 6.07) is 5.14. The van der Waals surface area contributed by atoms with E-state index in [2.05, 4.69) is 5.32 Å². The highest BCUT2D eigenvalue weighted by molar-refractivity contribution is 6.34. The first-order valence-electron chi connectivity index (χ1n) is 7.11. The molecule has 0 aliphatic heterocycles.